The summed E-state index contributed by atoms with van der Waals surface area (Å²) in [5.74, 6) is 2.02. The normalized spacial score (nSPS) is 12.5. The minimum Gasteiger partial charge on any atom is -0.508 e. The zero-order chi connectivity index (χ0) is 31.1. The summed E-state index contributed by atoms with van der Waals surface area (Å²) in [6.07, 6.45) is 10.5. The van der Waals surface area contributed by atoms with Crippen molar-refractivity contribution in [2.45, 2.75) is 97.2 Å². The molecule has 0 saturated heterocycles. The molecule has 3 N–H and O–H groups in total. The molecule has 0 heterocycles. The van der Waals surface area contributed by atoms with Gasteiger partial charge >= 0.3 is 6.09 Å². The molecule has 2 atom stereocenters. The third-order valence-electron chi connectivity index (χ3n) is 6.70. The Hall–Kier alpha value is -3.99. The Morgan fingerprint density at radius 3 is 2.24 bits per heavy atom. The summed E-state index contributed by atoms with van der Waals surface area (Å²) in [6.45, 7) is 10.2. The number of benzene rings is 2. The highest BCUT2D eigenvalue weighted by molar-refractivity contribution is 5.92. The fraction of sp³-hybridized carbons (Fsp3) is 0.500. The first-order chi connectivity index (χ1) is 20.0. The fourth-order valence-electron chi connectivity index (χ4n) is 4.62. The van der Waals surface area contributed by atoms with Crippen LogP contribution in [-0.4, -0.2) is 52.6 Å². The minimum absolute atomic E-state index is 0.0913. The van der Waals surface area contributed by atoms with E-state index in [0.29, 0.717) is 30.6 Å². The molecule has 0 aliphatic rings. The molecule has 0 fully saturated rings. The second-order valence-electron chi connectivity index (χ2n) is 11.4. The van der Waals surface area contributed by atoms with Gasteiger partial charge in [0.25, 0.3) is 0 Å². The standard InChI is InChI=1S/C34H47N3O5/c1-7-10-14-22-35-31(39)30(28-17-13-12-16-26(28)9-3)37(23-15-11-8-2)32(40)29(36-33(41)42-34(4,5)6)24-25-18-20-27(38)21-19-25/h3,12-13,16-21,29-30,38H,7-8,10-11,14-15,22-24H2,1-2,4-6H3,(H,35,39)(H,36,41). The molecule has 2 unspecified atom stereocenters. The third kappa shape index (κ3) is 11.1. The third-order valence-corrected chi connectivity index (χ3v) is 6.70. The van der Waals surface area contributed by atoms with Gasteiger partial charge in [0.2, 0.25) is 11.8 Å². The van der Waals surface area contributed by atoms with E-state index in [-0.39, 0.29) is 18.1 Å². The molecule has 0 spiro atoms. The topological polar surface area (TPSA) is 108 Å². The Labute approximate surface area is 251 Å². The molecule has 3 amide bonds. The number of terminal acetylenes is 1. The number of ether oxygens (including phenoxy) is 1. The smallest absolute Gasteiger partial charge is 0.408 e. The van der Waals surface area contributed by atoms with Crippen molar-refractivity contribution in [2.75, 3.05) is 13.1 Å². The molecule has 8 nitrogen and oxygen atoms in total. The molecule has 228 valence electrons. The lowest BCUT2D eigenvalue weighted by molar-refractivity contribution is -0.142. The highest BCUT2D eigenvalue weighted by Gasteiger charge is 2.37. The van der Waals surface area contributed by atoms with Gasteiger partial charge in [-0.2, -0.15) is 0 Å². The predicted octanol–water partition coefficient (Wildman–Crippen LogP) is 5.88. The highest BCUT2D eigenvalue weighted by atomic mass is 16.6. The van der Waals surface area contributed by atoms with Crippen LogP contribution < -0.4 is 10.6 Å². The molecule has 0 radical (unpaired) electrons. The summed E-state index contributed by atoms with van der Waals surface area (Å²) < 4.78 is 5.49. The predicted molar refractivity (Wildman–Crippen MR) is 166 cm³/mol. The number of rotatable bonds is 15. The SMILES string of the molecule is C#Cc1ccccc1C(C(=O)NCCCCC)N(CCCCC)C(=O)C(Cc1ccc(O)cc1)NC(=O)OC(C)(C)C. The van der Waals surface area contributed by atoms with Crippen molar-refractivity contribution in [3.8, 4) is 18.1 Å². The average molecular weight is 578 g/mol. The Kier molecular flexibility index (Phi) is 13.9. The minimum atomic E-state index is -1.04. The largest absolute Gasteiger partial charge is 0.508 e. The zero-order valence-corrected chi connectivity index (χ0v) is 25.7. The molecule has 0 saturated carbocycles. The second kappa shape index (κ2) is 17.1. The number of phenols is 1. The summed E-state index contributed by atoms with van der Waals surface area (Å²) in [6, 6.07) is 11.5. The number of carbonyl (C=O) groups excluding carboxylic acids is 3. The number of alkyl carbamates (subject to hydrolysis) is 1. The molecule has 0 aliphatic carbocycles. The quantitative estimate of drug-likeness (QED) is 0.181. The first-order valence-electron chi connectivity index (χ1n) is 14.9. The zero-order valence-electron chi connectivity index (χ0n) is 25.7. The van der Waals surface area contributed by atoms with Crippen LogP contribution >= 0.6 is 0 Å². The summed E-state index contributed by atoms with van der Waals surface area (Å²) in [5.41, 5.74) is 1.03. The van der Waals surface area contributed by atoms with Gasteiger partial charge in [-0.15, -0.1) is 6.42 Å². The van der Waals surface area contributed by atoms with E-state index >= 15 is 0 Å². The molecule has 2 rings (SSSR count). The van der Waals surface area contributed by atoms with Gasteiger partial charge in [-0.05, 0) is 62.9 Å². The lowest BCUT2D eigenvalue weighted by atomic mass is 9.96. The van der Waals surface area contributed by atoms with Crippen LogP contribution in [0.3, 0.4) is 0 Å². The number of hydrogen-bond donors (Lipinski definition) is 3. The Bertz CT molecular complexity index is 1200. The van der Waals surface area contributed by atoms with Gasteiger partial charge in [0.15, 0.2) is 0 Å². The number of hydrogen-bond acceptors (Lipinski definition) is 5. The number of carbonyl (C=O) groups is 3. The lowest BCUT2D eigenvalue weighted by Crippen LogP contribution is -2.54. The van der Waals surface area contributed by atoms with Crippen molar-refractivity contribution < 1.29 is 24.2 Å². The summed E-state index contributed by atoms with van der Waals surface area (Å²) in [7, 11) is 0. The molecule has 8 heteroatoms. The molecule has 2 aromatic carbocycles. The number of nitrogens with one attached hydrogen (secondary N) is 2. The van der Waals surface area contributed by atoms with Crippen molar-refractivity contribution >= 4 is 17.9 Å². The summed E-state index contributed by atoms with van der Waals surface area (Å²) in [4.78, 5) is 42.8. The van der Waals surface area contributed by atoms with Crippen molar-refractivity contribution in [3.05, 3.63) is 65.2 Å². The van der Waals surface area contributed by atoms with Crippen LogP contribution in [0.5, 0.6) is 5.75 Å². The fourth-order valence-corrected chi connectivity index (χ4v) is 4.62. The van der Waals surface area contributed by atoms with E-state index in [1.165, 1.54) is 12.1 Å². The average Bonchev–Trinajstić information content (AvgIpc) is 2.94. The van der Waals surface area contributed by atoms with E-state index < -0.39 is 29.7 Å². The summed E-state index contributed by atoms with van der Waals surface area (Å²) in [5, 5.41) is 15.5. The van der Waals surface area contributed by atoms with Crippen LogP contribution in [0.4, 0.5) is 4.79 Å². The maximum atomic E-state index is 14.5. The van der Waals surface area contributed by atoms with Crippen LogP contribution in [0, 0.1) is 12.3 Å². The second-order valence-corrected chi connectivity index (χ2v) is 11.4. The van der Waals surface area contributed by atoms with Gasteiger partial charge in [0.1, 0.15) is 23.4 Å². The molecule has 42 heavy (non-hydrogen) atoms. The van der Waals surface area contributed by atoms with E-state index in [1.54, 1.807) is 62.1 Å². The molecular formula is C34H47N3O5. The maximum absolute atomic E-state index is 14.5. The van der Waals surface area contributed by atoms with Gasteiger partial charge < -0.3 is 25.4 Å². The van der Waals surface area contributed by atoms with Gasteiger partial charge in [0, 0.05) is 25.1 Å². The van der Waals surface area contributed by atoms with E-state index in [0.717, 1.165) is 37.7 Å². The number of aromatic hydroxyl groups is 1. The molecule has 2 aromatic rings. The van der Waals surface area contributed by atoms with E-state index in [2.05, 4.69) is 30.4 Å². The van der Waals surface area contributed by atoms with E-state index in [1.807, 2.05) is 0 Å². The maximum Gasteiger partial charge on any atom is 0.408 e. The van der Waals surface area contributed by atoms with Gasteiger partial charge in [-0.25, -0.2) is 4.79 Å². The van der Waals surface area contributed by atoms with Crippen LogP contribution in [0.1, 0.15) is 95.9 Å². The Morgan fingerprint density at radius 1 is 0.976 bits per heavy atom. The number of nitrogens with zero attached hydrogens (tertiary/aromatic N) is 1. The Morgan fingerprint density at radius 2 is 1.62 bits per heavy atom. The molecule has 0 aromatic heterocycles. The Balaban J connectivity index is 2.58. The molecule has 0 aliphatic heterocycles. The van der Waals surface area contributed by atoms with Crippen molar-refractivity contribution in [3.63, 3.8) is 0 Å². The van der Waals surface area contributed by atoms with Crippen molar-refractivity contribution in [1.29, 1.82) is 0 Å². The molecular weight excluding hydrogens is 530 g/mol. The van der Waals surface area contributed by atoms with Crippen molar-refractivity contribution in [2.24, 2.45) is 0 Å². The highest BCUT2D eigenvalue weighted by Crippen LogP contribution is 2.27. The van der Waals surface area contributed by atoms with Gasteiger partial charge in [0.05, 0.1) is 0 Å². The lowest BCUT2D eigenvalue weighted by Gasteiger charge is -2.35. The van der Waals surface area contributed by atoms with Gasteiger partial charge in [-0.3, -0.25) is 9.59 Å². The molecule has 0 bridgehead atoms. The first-order valence-corrected chi connectivity index (χ1v) is 14.9. The van der Waals surface area contributed by atoms with E-state index in [4.69, 9.17) is 11.2 Å². The van der Waals surface area contributed by atoms with Crippen LogP contribution in [-0.2, 0) is 20.7 Å². The number of amides is 3. The monoisotopic (exact) mass is 577 g/mol. The van der Waals surface area contributed by atoms with Crippen LogP contribution in [0.2, 0.25) is 0 Å². The number of phenolic OH excluding ortho intramolecular Hbond substituents is 1. The van der Waals surface area contributed by atoms with Crippen molar-refractivity contribution in [1.82, 2.24) is 15.5 Å². The van der Waals surface area contributed by atoms with Crippen LogP contribution in [0.15, 0.2) is 48.5 Å². The number of unbranched alkanes of at least 4 members (excludes halogenated alkanes) is 4. The van der Waals surface area contributed by atoms with Crippen LogP contribution in [0.25, 0.3) is 0 Å². The first kappa shape index (κ1) is 34.2. The summed E-state index contributed by atoms with van der Waals surface area (Å²) >= 11 is 0. The van der Waals surface area contributed by atoms with E-state index in [9.17, 15) is 19.5 Å². The van der Waals surface area contributed by atoms with Gasteiger partial charge in [-0.1, -0.05) is 75.8 Å².